The van der Waals surface area contributed by atoms with Gasteiger partial charge in [-0.2, -0.15) is 0 Å². The van der Waals surface area contributed by atoms with Crippen LogP contribution in [0.4, 0.5) is 0 Å². The third-order valence-corrected chi connectivity index (χ3v) is 3.32. The number of nitrogens with one attached hydrogen (secondary N) is 1. The highest BCUT2D eigenvalue weighted by molar-refractivity contribution is 8.00. The maximum atomic E-state index is 11.4. The molecule has 1 heterocycles. The summed E-state index contributed by atoms with van der Waals surface area (Å²) in [6.45, 7) is 2.51. The number of hydrogen-bond donors (Lipinski definition) is 1. The highest BCUT2D eigenvalue weighted by Gasteiger charge is 2.22. The van der Waals surface area contributed by atoms with E-state index in [0.717, 1.165) is 18.6 Å². The van der Waals surface area contributed by atoms with Crippen molar-refractivity contribution in [1.29, 1.82) is 0 Å². The Morgan fingerprint density at radius 1 is 1.69 bits per heavy atom. The molecule has 0 aromatic heterocycles. The molecule has 72 valence electrons. The van der Waals surface area contributed by atoms with Gasteiger partial charge in [0.1, 0.15) is 0 Å². The van der Waals surface area contributed by atoms with Crippen molar-refractivity contribution in [2.75, 3.05) is 12.3 Å². The lowest BCUT2D eigenvalue weighted by Gasteiger charge is -2.07. The Morgan fingerprint density at radius 2 is 2.54 bits per heavy atom. The van der Waals surface area contributed by atoms with E-state index in [0.29, 0.717) is 6.54 Å². The summed E-state index contributed by atoms with van der Waals surface area (Å²) in [5.41, 5.74) is 0. The van der Waals surface area contributed by atoms with Gasteiger partial charge < -0.3 is 5.32 Å². The molecule has 1 unspecified atom stereocenters. The quantitative estimate of drug-likeness (QED) is 0.547. The highest BCUT2D eigenvalue weighted by Crippen LogP contribution is 2.25. The molecule has 1 aliphatic heterocycles. The SMILES string of the molecule is CC#CCCNC(=O)C1CCCS1. The molecule has 1 aliphatic rings. The molecular weight excluding hydrogens is 182 g/mol. The fraction of sp³-hybridized carbons (Fsp3) is 0.700. The summed E-state index contributed by atoms with van der Waals surface area (Å²) in [7, 11) is 0. The van der Waals surface area contributed by atoms with E-state index < -0.39 is 0 Å². The zero-order chi connectivity index (χ0) is 9.52. The first-order valence-electron chi connectivity index (χ1n) is 4.63. The lowest BCUT2D eigenvalue weighted by Crippen LogP contribution is -2.31. The molecule has 1 rings (SSSR count). The Morgan fingerprint density at radius 3 is 3.15 bits per heavy atom. The normalized spacial score (nSPS) is 20.5. The molecule has 2 nitrogen and oxygen atoms in total. The Hall–Kier alpha value is -0.620. The second-order valence-electron chi connectivity index (χ2n) is 2.97. The number of carbonyl (C=O) groups is 1. The van der Waals surface area contributed by atoms with Crippen LogP contribution in [0.25, 0.3) is 0 Å². The zero-order valence-electron chi connectivity index (χ0n) is 7.93. The highest BCUT2D eigenvalue weighted by atomic mass is 32.2. The van der Waals surface area contributed by atoms with Gasteiger partial charge in [-0.3, -0.25) is 4.79 Å². The van der Waals surface area contributed by atoms with Crippen LogP contribution < -0.4 is 5.32 Å². The average Bonchev–Trinajstić information content (AvgIpc) is 2.65. The van der Waals surface area contributed by atoms with Gasteiger partial charge in [0, 0.05) is 13.0 Å². The molecule has 13 heavy (non-hydrogen) atoms. The third kappa shape index (κ3) is 3.73. The Balaban J connectivity index is 2.12. The van der Waals surface area contributed by atoms with Gasteiger partial charge in [-0.25, -0.2) is 0 Å². The lowest BCUT2D eigenvalue weighted by molar-refractivity contribution is -0.120. The van der Waals surface area contributed by atoms with Crippen LogP contribution in [0.1, 0.15) is 26.2 Å². The molecule has 0 saturated carbocycles. The van der Waals surface area contributed by atoms with E-state index in [-0.39, 0.29) is 11.2 Å². The summed E-state index contributed by atoms with van der Waals surface area (Å²) < 4.78 is 0. The van der Waals surface area contributed by atoms with Crippen molar-refractivity contribution in [3.05, 3.63) is 0 Å². The van der Waals surface area contributed by atoms with Crippen LogP contribution in [-0.4, -0.2) is 23.5 Å². The molecule has 1 atom stereocenters. The van der Waals surface area contributed by atoms with Gasteiger partial charge in [0.25, 0.3) is 0 Å². The minimum absolute atomic E-state index is 0.195. The third-order valence-electron chi connectivity index (χ3n) is 1.95. The van der Waals surface area contributed by atoms with Gasteiger partial charge in [-0.05, 0) is 25.5 Å². The summed E-state index contributed by atoms with van der Waals surface area (Å²) in [6.07, 6.45) is 2.98. The van der Waals surface area contributed by atoms with Crippen molar-refractivity contribution in [2.24, 2.45) is 0 Å². The first kappa shape index (κ1) is 10.5. The Labute approximate surface area is 83.9 Å². The van der Waals surface area contributed by atoms with Crippen molar-refractivity contribution in [1.82, 2.24) is 5.32 Å². The van der Waals surface area contributed by atoms with E-state index in [1.54, 1.807) is 11.8 Å². The predicted octanol–water partition coefficient (Wildman–Crippen LogP) is 1.41. The molecule has 0 aromatic rings. The molecule has 0 spiro atoms. The Bertz CT molecular complexity index is 223. The fourth-order valence-electron chi connectivity index (χ4n) is 1.27. The first-order chi connectivity index (χ1) is 6.34. The van der Waals surface area contributed by atoms with Crippen LogP contribution in [0.2, 0.25) is 0 Å². The van der Waals surface area contributed by atoms with Gasteiger partial charge in [-0.15, -0.1) is 23.6 Å². The minimum atomic E-state index is 0.195. The minimum Gasteiger partial charge on any atom is -0.354 e. The number of hydrogen-bond acceptors (Lipinski definition) is 2. The standard InChI is InChI=1S/C10H15NOS/c1-2-3-4-7-11-10(12)9-6-5-8-13-9/h9H,4-8H2,1H3,(H,11,12). The van der Waals surface area contributed by atoms with Crippen molar-refractivity contribution < 1.29 is 4.79 Å². The second-order valence-corrected chi connectivity index (χ2v) is 4.28. The Kier molecular flexibility index (Phi) is 4.77. The molecule has 3 heteroatoms. The smallest absolute Gasteiger partial charge is 0.233 e. The number of rotatable bonds is 3. The maximum Gasteiger partial charge on any atom is 0.233 e. The van der Waals surface area contributed by atoms with Crippen LogP contribution in [0.5, 0.6) is 0 Å². The van der Waals surface area contributed by atoms with Gasteiger partial charge in [0.2, 0.25) is 5.91 Å². The van der Waals surface area contributed by atoms with Crippen LogP contribution >= 0.6 is 11.8 Å². The molecule has 0 radical (unpaired) electrons. The molecular formula is C10H15NOS. The summed E-state index contributed by atoms with van der Waals surface area (Å²) in [4.78, 5) is 11.4. The zero-order valence-corrected chi connectivity index (χ0v) is 8.75. The van der Waals surface area contributed by atoms with Crippen LogP contribution in [0.15, 0.2) is 0 Å². The van der Waals surface area contributed by atoms with E-state index in [1.807, 2.05) is 6.92 Å². The van der Waals surface area contributed by atoms with E-state index >= 15 is 0 Å². The van der Waals surface area contributed by atoms with E-state index in [4.69, 9.17) is 0 Å². The molecule has 0 aliphatic carbocycles. The number of carbonyl (C=O) groups excluding carboxylic acids is 1. The average molecular weight is 197 g/mol. The molecule has 1 amide bonds. The summed E-state index contributed by atoms with van der Waals surface area (Å²) in [5, 5.41) is 3.10. The lowest BCUT2D eigenvalue weighted by atomic mass is 10.2. The summed E-state index contributed by atoms with van der Waals surface area (Å²) in [5.74, 6) is 7.05. The van der Waals surface area contributed by atoms with Crippen LogP contribution in [-0.2, 0) is 4.79 Å². The van der Waals surface area contributed by atoms with Gasteiger partial charge in [-0.1, -0.05) is 0 Å². The van der Waals surface area contributed by atoms with Gasteiger partial charge >= 0.3 is 0 Å². The first-order valence-corrected chi connectivity index (χ1v) is 5.68. The van der Waals surface area contributed by atoms with Crippen LogP contribution in [0.3, 0.4) is 0 Å². The van der Waals surface area contributed by atoms with Crippen molar-refractivity contribution in [3.63, 3.8) is 0 Å². The molecule has 0 aromatic carbocycles. The van der Waals surface area contributed by atoms with E-state index in [2.05, 4.69) is 17.2 Å². The maximum absolute atomic E-state index is 11.4. The monoisotopic (exact) mass is 197 g/mol. The van der Waals surface area contributed by atoms with Gasteiger partial charge in [0.15, 0.2) is 0 Å². The summed E-state index contributed by atoms with van der Waals surface area (Å²) in [6, 6.07) is 0. The molecule has 1 fully saturated rings. The number of amides is 1. The second kappa shape index (κ2) is 5.93. The molecule has 1 N–H and O–H groups in total. The van der Waals surface area contributed by atoms with E-state index in [1.165, 1.54) is 6.42 Å². The van der Waals surface area contributed by atoms with Crippen LogP contribution in [0, 0.1) is 11.8 Å². The van der Waals surface area contributed by atoms with Crippen molar-refractivity contribution in [3.8, 4) is 11.8 Å². The predicted molar refractivity (Wildman–Crippen MR) is 56.6 cm³/mol. The number of thioether (sulfide) groups is 1. The largest absolute Gasteiger partial charge is 0.354 e. The summed E-state index contributed by atoms with van der Waals surface area (Å²) >= 11 is 1.77. The fourth-order valence-corrected chi connectivity index (χ4v) is 2.46. The van der Waals surface area contributed by atoms with Gasteiger partial charge in [0.05, 0.1) is 5.25 Å². The van der Waals surface area contributed by atoms with Crippen molar-refractivity contribution in [2.45, 2.75) is 31.4 Å². The molecule has 0 bridgehead atoms. The molecule has 1 saturated heterocycles. The van der Waals surface area contributed by atoms with E-state index in [9.17, 15) is 4.79 Å². The topological polar surface area (TPSA) is 29.1 Å². The van der Waals surface area contributed by atoms with Crippen molar-refractivity contribution >= 4 is 17.7 Å².